The third-order valence-corrected chi connectivity index (χ3v) is 2.94. The Morgan fingerprint density at radius 3 is 2.59 bits per heavy atom. The summed E-state index contributed by atoms with van der Waals surface area (Å²) in [6.07, 6.45) is 1.84. The van der Waals surface area contributed by atoms with Gasteiger partial charge >= 0.3 is 0 Å². The topological polar surface area (TPSA) is 56.7 Å². The normalized spacial score (nSPS) is 10.8. The zero-order valence-corrected chi connectivity index (χ0v) is 10.6. The molecule has 2 heterocycles. The summed E-state index contributed by atoms with van der Waals surface area (Å²) in [6, 6.07) is 5.73. The lowest BCUT2D eigenvalue weighted by Gasteiger charge is -2.05. The highest BCUT2D eigenvalue weighted by Crippen LogP contribution is 2.27. The fourth-order valence-corrected chi connectivity index (χ4v) is 2.16. The Morgan fingerprint density at radius 2 is 2.00 bits per heavy atom. The number of nitrogen functional groups attached to an aromatic ring is 1. The van der Waals surface area contributed by atoms with E-state index in [1.807, 2.05) is 23.9 Å². The van der Waals surface area contributed by atoms with Gasteiger partial charge in [-0.15, -0.1) is 0 Å². The number of aryl methyl sites for hydroxylation is 2. The SMILES string of the molecule is CCc1nn(C)c(CC)c1-c1cccc(N)n1. The molecule has 0 atom stereocenters. The van der Waals surface area contributed by atoms with Crippen LogP contribution in [0.2, 0.25) is 0 Å². The van der Waals surface area contributed by atoms with E-state index in [2.05, 4.69) is 23.9 Å². The summed E-state index contributed by atoms with van der Waals surface area (Å²) in [5.41, 5.74) is 10.1. The van der Waals surface area contributed by atoms with Crippen LogP contribution in [0.1, 0.15) is 25.2 Å². The van der Waals surface area contributed by atoms with Crippen LogP contribution in [-0.2, 0) is 19.9 Å². The average molecular weight is 230 g/mol. The molecule has 0 aliphatic rings. The molecule has 4 heteroatoms. The third kappa shape index (κ3) is 2.02. The van der Waals surface area contributed by atoms with Gasteiger partial charge in [-0.1, -0.05) is 19.9 Å². The Bertz CT molecular complexity index is 528. The zero-order valence-electron chi connectivity index (χ0n) is 10.6. The summed E-state index contributed by atoms with van der Waals surface area (Å²) < 4.78 is 1.94. The van der Waals surface area contributed by atoms with E-state index in [9.17, 15) is 0 Å². The van der Waals surface area contributed by atoms with Crippen LogP contribution in [0.15, 0.2) is 18.2 Å². The van der Waals surface area contributed by atoms with Crippen molar-refractivity contribution in [3.8, 4) is 11.3 Å². The molecule has 0 amide bonds. The van der Waals surface area contributed by atoms with E-state index in [1.165, 1.54) is 5.69 Å². The quantitative estimate of drug-likeness (QED) is 0.879. The van der Waals surface area contributed by atoms with Crippen molar-refractivity contribution in [1.29, 1.82) is 0 Å². The first-order chi connectivity index (χ1) is 8.17. The number of hydrogen-bond donors (Lipinski definition) is 1. The molecule has 0 aliphatic carbocycles. The highest BCUT2D eigenvalue weighted by Gasteiger charge is 2.16. The molecule has 0 bridgehead atoms. The summed E-state index contributed by atoms with van der Waals surface area (Å²) >= 11 is 0. The second kappa shape index (κ2) is 4.57. The fraction of sp³-hybridized carbons (Fsp3) is 0.385. The molecule has 17 heavy (non-hydrogen) atoms. The second-order valence-corrected chi connectivity index (χ2v) is 4.05. The van der Waals surface area contributed by atoms with Gasteiger partial charge in [0, 0.05) is 18.3 Å². The third-order valence-electron chi connectivity index (χ3n) is 2.94. The number of nitrogens with zero attached hydrogens (tertiary/aromatic N) is 3. The number of nitrogens with two attached hydrogens (primary N) is 1. The molecule has 0 saturated carbocycles. The summed E-state index contributed by atoms with van der Waals surface area (Å²) in [6.45, 7) is 4.24. The van der Waals surface area contributed by atoms with Gasteiger partial charge in [0.15, 0.2) is 0 Å². The Hall–Kier alpha value is -1.84. The maximum Gasteiger partial charge on any atom is 0.124 e. The smallest absolute Gasteiger partial charge is 0.124 e. The molecule has 0 fully saturated rings. The first-order valence-electron chi connectivity index (χ1n) is 5.95. The molecular weight excluding hydrogens is 212 g/mol. The van der Waals surface area contributed by atoms with Gasteiger partial charge in [0.2, 0.25) is 0 Å². The minimum absolute atomic E-state index is 0.551. The molecule has 0 unspecified atom stereocenters. The number of anilines is 1. The van der Waals surface area contributed by atoms with Gasteiger partial charge in [0.25, 0.3) is 0 Å². The molecule has 2 aromatic heterocycles. The highest BCUT2D eigenvalue weighted by molar-refractivity contribution is 5.66. The monoisotopic (exact) mass is 230 g/mol. The van der Waals surface area contributed by atoms with E-state index in [4.69, 9.17) is 5.73 Å². The van der Waals surface area contributed by atoms with Gasteiger partial charge < -0.3 is 5.73 Å². The molecule has 0 aromatic carbocycles. The van der Waals surface area contributed by atoms with E-state index in [-0.39, 0.29) is 0 Å². The first-order valence-corrected chi connectivity index (χ1v) is 5.95. The van der Waals surface area contributed by atoms with Crippen molar-refractivity contribution < 1.29 is 0 Å². The lowest BCUT2D eigenvalue weighted by atomic mass is 10.1. The fourth-order valence-electron chi connectivity index (χ4n) is 2.16. The van der Waals surface area contributed by atoms with Gasteiger partial charge in [0.1, 0.15) is 5.82 Å². The Kier molecular flexibility index (Phi) is 3.13. The number of pyridine rings is 1. The minimum atomic E-state index is 0.551. The van der Waals surface area contributed by atoms with Crippen molar-refractivity contribution in [2.75, 3.05) is 5.73 Å². The zero-order chi connectivity index (χ0) is 12.4. The van der Waals surface area contributed by atoms with Crippen molar-refractivity contribution in [3.05, 3.63) is 29.6 Å². The van der Waals surface area contributed by atoms with Gasteiger partial charge in [-0.3, -0.25) is 4.68 Å². The van der Waals surface area contributed by atoms with Crippen LogP contribution in [0, 0.1) is 0 Å². The standard InChI is InChI=1S/C13H18N4/c1-4-9-13(11(5-2)17(3)16-9)10-7-6-8-12(14)15-10/h6-8H,4-5H2,1-3H3,(H2,14,15). The van der Waals surface area contributed by atoms with Crippen LogP contribution in [0.25, 0.3) is 11.3 Å². The molecule has 0 saturated heterocycles. The van der Waals surface area contributed by atoms with Crippen molar-refractivity contribution in [2.45, 2.75) is 26.7 Å². The predicted molar refractivity (Wildman–Crippen MR) is 69.6 cm³/mol. The van der Waals surface area contributed by atoms with Crippen LogP contribution in [0.4, 0.5) is 5.82 Å². The van der Waals surface area contributed by atoms with E-state index < -0.39 is 0 Å². The Labute approximate surface area is 101 Å². The van der Waals surface area contributed by atoms with E-state index in [0.717, 1.165) is 29.8 Å². The van der Waals surface area contributed by atoms with Gasteiger partial charge in [-0.05, 0) is 25.0 Å². The number of hydrogen-bond acceptors (Lipinski definition) is 3. The minimum Gasteiger partial charge on any atom is -0.384 e. The Morgan fingerprint density at radius 1 is 1.24 bits per heavy atom. The maximum absolute atomic E-state index is 5.75. The van der Waals surface area contributed by atoms with Crippen molar-refractivity contribution >= 4 is 5.82 Å². The van der Waals surface area contributed by atoms with Crippen LogP contribution < -0.4 is 5.73 Å². The Balaban J connectivity index is 2.64. The van der Waals surface area contributed by atoms with Crippen LogP contribution in [0.5, 0.6) is 0 Å². The van der Waals surface area contributed by atoms with Crippen molar-refractivity contribution in [1.82, 2.24) is 14.8 Å². The molecule has 2 N–H and O–H groups in total. The van der Waals surface area contributed by atoms with E-state index in [0.29, 0.717) is 5.82 Å². The molecule has 2 aromatic rings. The lowest BCUT2D eigenvalue weighted by molar-refractivity contribution is 0.705. The second-order valence-electron chi connectivity index (χ2n) is 4.05. The van der Waals surface area contributed by atoms with Gasteiger partial charge in [-0.2, -0.15) is 5.10 Å². The first kappa shape index (κ1) is 11.6. The average Bonchev–Trinajstić information content (AvgIpc) is 2.65. The summed E-state index contributed by atoms with van der Waals surface area (Å²) in [5, 5.41) is 4.54. The van der Waals surface area contributed by atoms with Crippen LogP contribution in [0.3, 0.4) is 0 Å². The molecular formula is C13H18N4. The van der Waals surface area contributed by atoms with Gasteiger partial charge in [0.05, 0.1) is 11.4 Å². The molecule has 0 radical (unpaired) electrons. The van der Waals surface area contributed by atoms with Crippen LogP contribution >= 0.6 is 0 Å². The molecule has 2 rings (SSSR count). The molecule has 0 aliphatic heterocycles. The van der Waals surface area contributed by atoms with Gasteiger partial charge in [-0.25, -0.2) is 4.98 Å². The summed E-state index contributed by atoms with van der Waals surface area (Å²) in [4.78, 5) is 4.40. The lowest BCUT2D eigenvalue weighted by Crippen LogP contribution is -1.98. The van der Waals surface area contributed by atoms with Crippen LogP contribution in [-0.4, -0.2) is 14.8 Å². The van der Waals surface area contributed by atoms with E-state index >= 15 is 0 Å². The summed E-state index contributed by atoms with van der Waals surface area (Å²) in [7, 11) is 1.98. The highest BCUT2D eigenvalue weighted by atomic mass is 15.3. The predicted octanol–water partition coefficient (Wildman–Crippen LogP) is 2.19. The maximum atomic E-state index is 5.75. The molecule has 4 nitrogen and oxygen atoms in total. The summed E-state index contributed by atoms with van der Waals surface area (Å²) in [5.74, 6) is 0.551. The molecule has 0 spiro atoms. The van der Waals surface area contributed by atoms with E-state index in [1.54, 1.807) is 6.07 Å². The van der Waals surface area contributed by atoms with Crippen molar-refractivity contribution in [3.63, 3.8) is 0 Å². The van der Waals surface area contributed by atoms with Crippen molar-refractivity contribution in [2.24, 2.45) is 7.05 Å². The largest absolute Gasteiger partial charge is 0.384 e. The molecule has 90 valence electrons. The number of aromatic nitrogens is 3. The number of rotatable bonds is 3.